The number of amides is 1. The van der Waals surface area contributed by atoms with Crippen LogP contribution in [0.2, 0.25) is 0 Å². The predicted octanol–water partition coefficient (Wildman–Crippen LogP) is 5.83. The first kappa shape index (κ1) is 23.8. The van der Waals surface area contributed by atoms with E-state index < -0.39 is 5.97 Å². The van der Waals surface area contributed by atoms with Gasteiger partial charge in [-0.3, -0.25) is 4.79 Å². The number of benzene rings is 4. The molecule has 0 heterocycles. The van der Waals surface area contributed by atoms with Crippen LogP contribution in [0.15, 0.2) is 97.1 Å². The van der Waals surface area contributed by atoms with E-state index in [9.17, 15) is 9.59 Å². The first-order valence-corrected chi connectivity index (χ1v) is 11.4. The molecule has 0 unspecified atom stereocenters. The Bertz CT molecular complexity index is 1360. The molecule has 0 radical (unpaired) electrons. The van der Waals surface area contributed by atoms with Crippen LogP contribution in [-0.2, 0) is 17.8 Å². The predicted molar refractivity (Wildman–Crippen MR) is 138 cm³/mol. The van der Waals surface area contributed by atoms with Crippen molar-refractivity contribution in [1.29, 1.82) is 0 Å². The number of ether oxygens (including phenoxy) is 1. The third kappa shape index (κ3) is 6.36. The topological polar surface area (TPSA) is 66.8 Å². The van der Waals surface area contributed by atoms with Crippen LogP contribution in [0.3, 0.4) is 0 Å². The highest BCUT2D eigenvalue weighted by Gasteiger charge is 2.13. The molecule has 4 aromatic carbocycles. The molecule has 0 aliphatic rings. The number of nitrogens with zero attached hydrogens (tertiary/aromatic N) is 1. The molecule has 35 heavy (non-hydrogen) atoms. The van der Waals surface area contributed by atoms with Crippen LogP contribution in [0.5, 0.6) is 5.75 Å². The molecule has 0 spiro atoms. The number of carbonyl (C=O) groups is 2. The lowest BCUT2D eigenvalue weighted by Crippen LogP contribution is -2.26. The van der Waals surface area contributed by atoms with Crippen LogP contribution in [-0.4, -0.2) is 35.5 Å². The molecule has 5 nitrogen and oxygen atoms in total. The van der Waals surface area contributed by atoms with Crippen LogP contribution < -0.4 is 4.74 Å². The molecule has 0 saturated carbocycles. The number of hydrogen-bond acceptors (Lipinski definition) is 3. The van der Waals surface area contributed by atoms with Gasteiger partial charge in [-0.05, 0) is 46.2 Å². The quantitative estimate of drug-likeness (QED) is 0.316. The number of carbonyl (C=O) groups excluding carboxylic acids is 1. The lowest BCUT2D eigenvalue weighted by molar-refractivity contribution is -0.131. The molecular weight excluding hydrogens is 438 g/mol. The number of hydrogen-bond donors (Lipinski definition) is 1. The van der Waals surface area contributed by atoms with E-state index in [1.807, 2.05) is 48.5 Å². The van der Waals surface area contributed by atoms with Gasteiger partial charge in [0.15, 0.2) is 0 Å². The van der Waals surface area contributed by atoms with E-state index in [-0.39, 0.29) is 5.91 Å². The van der Waals surface area contributed by atoms with Crippen molar-refractivity contribution < 1.29 is 19.4 Å². The van der Waals surface area contributed by atoms with Crippen molar-refractivity contribution in [2.24, 2.45) is 0 Å². The summed E-state index contributed by atoms with van der Waals surface area (Å²) in [5.74, 6) is -0.509. The molecule has 0 bridgehead atoms. The summed E-state index contributed by atoms with van der Waals surface area (Å²) < 4.78 is 6.11. The van der Waals surface area contributed by atoms with Crippen molar-refractivity contribution in [3.8, 4) is 5.75 Å². The number of carboxylic acid groups (broad SMARTS) is 1. The van der Waals surface area contributed by atoms with Gasteiger partial charge in [0.2, 0.25) is 0 Å². The largest absolute Gasteiger partial charge is 0.493 e. The lowest BCUT2D eigenvalue weighted by Gasteiger charge is -2.19. The Hall–Kier alpha value is -4.38. The summed E-state index contributed by atoms with van der Waals surface area (Å²) in [5.41, 5.74) is 3.36. The Morgan fingerprint density at radius 3 is 2.34 bits per heavy atom. The van der Waals surface area contributed by atoms with Gasteiger partial charge in [0, 0.05) is 37.2 Å². The van der Waals surface area contributed by atoms with Gasteiger partial charge in [0.25, 0.3) is 5.91 Å². The smallest absolute Gasteiger partial charge is 0.328 e. The summed E-state index contributed by atoms with van der Waals surface area (Å²) >= 11 is 0. The number of carboxylic acids is 1. The molecule has 0 aliphatic heterocycles. The summed E-state index contributed by atoms with van der Waals surface area (Å²) in [4.78, 5) is 25.4. The Morgan fingerprint density at radius 2 is 1.57 bits per heavy atom. The van der Waals surface area contributed by atoms with Gasteiger partial charge in [-0.25, -0.2) is 4.79 Å². The molecule has 0 aliphatic carbocycles. The minimum absolute atomic E-state index is 0.0702. The number of rotatable bonds is 9. The van der Waals surface area contributed by atoms with Crippen molar-refractivity contribution >= 4 is 28.7 Å². The molecule has 0 saturated heterocycles. The second kappa shape index (κ2) is 11.2. The van der Waals surface area contributed by atoms with Gasteiger partial charge >= 0.3 is 5.97 Å². The first-order chi connectivity index (χ1) is 17.0. The van der Waals surface area contributed by atoms with E-state index in [2.05, 4.69) is 30.3 Å². The third-order valence-corrected chi connectivity index (χ3v) is 5.73. The van der Waals surface area contributed by atoms with E-state index in [1.54, 1.807) is 24.1 Å². The molecule has 0 fully saturated rings. The van der Waals surface area contributed by atoms with Crippen molar-refractivity contribution in [3.63, 3.8) is 0 Å². The monoisotopic (exact) mass is 465 g/mol. The van der Waals surface area contributed by atoms with Crippen LogP contribution >= 0.6 is 0 Å². The minimum Gasteiger partial charge on any atom is -0.493 e. The molecule has 1 N–H and O–H groups in total. The molecule has 1 amide bonds. The Kier molecular flexibility index (Phi) is 7.58. The summed E-state index contributed by atoms with van der Waals surface area (Å²) in [6.45, 7) is 0.839. The SMILES string of the molecule is CN(Cc1ccc(/C=C/C(=O)O)c(OCCc2ccc3ccccc3c2)c1)C(=O)c1ccccc1. The summed E-state index contributed by atoms with van der Waals surface area (Å²) in [5, 5.41) is 11.4. The molecule has 5 heteroatoms. The molecule has 4 rings (SSSR count). The summed E-state index contributed by atoms with van der Waals surface area (Å²) in [7, 11) is 1.76. The van der Waals surface area contributed by atoms with E-state index >= 15 is 0 Å². The lowest BCUT2D eigenvalue weighted by atomic mass is 10.1. The second-order valence-electron chi connectivity index (χ2n) is 8.35. The number of fused-ring (bicyclic) bond motifs is 1. The van der Waals surface area contributed by atoms with Gasteiger partial charge in [0.05, 0.1) is 6.61 Å². The Morgan fingerprint density at radius 1 is 0.857 bits per heavy atom. The van der Waals surface area contributed by atoms with E-state index in [0.717, 1.165) is 17.2 Å². The van der Waals surface area contributed by atoms with Crippen molar-refractivity contribution in [1.82, 2.24) is 4.90 Å². The zero-order chi connectivity index (χ0) is 24.6. The molecule has 0 atom stereocenters. The maximum atomic E-state index is 12.7. The van der Waals surface area contributed by atoms with Crippen molar-refractivity contribution in [3.05, 3.63) is 119 Å². The summed E-state index contributed by atoms with van der Waals surface area (Å²) in [6.07, 6.45) is 3.33. The van der Waals surface area contributed by atoms with Gasteiger partial charge in [0.1, 0.15) is 5.75 Å². The highest BCUT2D eigenvalue weighted by atomic mass is 16.5. The molecule has 4 aromatic rings. The van der Waals surface area contributed by atoms with Crippen LogP contribution in [0.4, 0.5) is 0 Å². The molecule has 0 aromatic heterocycles. The van der Waals surface area contributed by atoms with Gasteiger partial charge in [-0.15, -0.1) is 0 Å². The second-order valence-corrected chi connectivity index (χ2v) is 8.35. The molecule has 176 valence electrons. The fraction of sp³-hybridized carbons (Fsp3) is 0.133. The standard InChI is InChI=1S/C30H27NO4/c1-31(30(34)26-8-3-2-4-9-26)21-23-12-14-25(15-16-29(32)33)28(20-23)35-18-17-22-11-13-24-7-5-6-10-27(24)19-22/h2-16,19-20H,17-18,21H2,1H3,(H,32,33)/b16-15+. The highest BCUT2D eigenvalue weighted by Crippen LogP contribution is 2.24. The maximum Gasteiger partial charge on any atom is 0.328 e. The average Bonchev–Trinajstić information content (AvgIpc) is 2.88. The van der Waals surface area contributed by atoms with Gasteiger partial charge in [-0.2, -0.15) is 0 Å². The zero-order valence-electron chi connectivity index (χ0n) is 19.6. The van der Waals surface area contributed by atoms with E-state index in [0.29, 0.717) is 36.4 Å². The fourth-order valence-corrected chi connectivity index (χ4v) is 3.92. The van der Waals surface area contributed by atoms with Crippen LogP contribution in [0.25, 0.3) is 16.8 Å². The third-order valence-electron chi connectivity index (χ3n) is 5.73. The minimum atomic E-state index is -1.02. The Balaban J connectivity index is 1.48. The van der Waals surface area contributed by atoms with Crippen LogP contribution in [0, 0.1) is 0 Å². The first-order valence-electron chi connectivity index (χ1n) is 11.4. The van der Waals surface area contributed by atoms with Crippen LogP contribution in [0.1, 0.15) is 27.0 Å². The fourth-order valence-electron chi connectivity index (χ4n) is 3.92. The summed E-state index contributed by atoms with van der Waals surface area (Å²) in [6, 6.07) is 29.3. The number of aliphatic carboxylic acids is 1. The van der Waals surface area contributed by atoms with Gasteiger partial charge in [-0.1, -0.05) is 72.8 Å². The zero-order valence-corrected chi connectivity index (χ0v) is 19.6. The maximum absolute atomic E-state index is 12.7. The van der Waals surface area contributed by atoms with E-state index in [1.165, 1.54) is 16.8 Å². The van der Waals surface area contributed by atoms with E-state index in [4.69, 9.17) is 9.84 Å². The van der Waals surface area contributed by atoms with Gasteiger partial charge < -0.3 is 14.7 Å². The van der Waals surface area contributed by atoms with Crippen molar-refractivity contribution in [2.45, 2.75) is 13.0 Å². The normalized spacial score (nSPS) is 11.0. The Labute approximate surface area is 204 Å². The highest BCUT2D eigenvalue weighted by molar-refractivity contribution is 5.94. The van der Waals surface area contributed by atoms with Crippen molar-refractivity contribution in [2.75, 3.05) is 13.7 Å². The average molecular weight is 466 g/mol. The molecular formula is C30H27NO4.